The van der Waals surface area contributed by atoms with E-state index in [4.69, 9.17) is 0 Å². The number of aliphatic hydroxyl groups is 1. The van der Waals surface area contributed by atoms with Gasteiger partial charge in [-0.3, -0.25) is 14.5 Å². The Morgan fingerprint density at radius 1 is 1.33 bits per heavy atom. The van der Waals surface area contributed by atoms with Crippen molar-refractivity contribution in [3.8, 4) is 0 Å². The molecule has 1 atom stereocenters. The summed E-state index contributed by atoms with van der Waals surface area (Å²) in [4.78, 5) is 17.1. The second kappa shape index (κ2) is 7.48. The Kier molecular flexibility index (Phi) is 4.90. The molecule has 1 saturated carbocycles. The molecule has 2 heterocycles. The molecule has 27 heavy (non-hydrogen) atoms. The second-order valence-electron chi connectivity index (χ2n) is 7.41. The van der Waals surface area contributed by atoms with Gasteiger partial charge in [-0.25, -0.2) is 0 Å². The van der Waals surface area contributed by atoms with Crippen molar-refractivity contribution in [1.82, 2.24) is 20.1 Å². The summed E-state index contributed by atoms with van der Waals surface area (Å²) in [7, 11) is 1.87. The minimum Gasteiger partial charge on any atom is -0.393 e. The van der Waals surface area contributed by atoms with Gasteiger partial charge in [0, 0.05) is 31.2 Å². The summed E-state index contributed by atoms with van der Waals surface area (Å²) in [5.41, 5.74) is 2.99. The summed E-state index contributed by atoms with van der Waals surface area (Å²) in [5.74, 6) is 0.253. The van der Waals surface area contributed by atoms with Crippen molar-refractivity contribution in [2.24, 2.45) is 13.0 Å². The van der Waals surface area contributed by atoms with E-state index in [1.807, 2.05) is 43.7 Å². The third kappa shape index (κ3) is 4.01. The standard InChI is InChI=1S/C21H24N4O2/c1-25-13-14(11-23-25)6-7-20(27)24-21(16-9-18(26)10-16)17-8-15-4-2-3-5-19(15)22-12-17/h2-5,8,11-13,16,18,21,26H,6-7,9-10H2,1H3,(H,24,27)/t16?,18?,21-/m1/s1. The highest BCUT2D eigenvalue weighted by Gasteiger charge is 2.35. The smallest absolute Gasteiger partial charge is 0.220 e. The number of fused-ring (bicyclic) bond motifs is 1. The highest BCUT2D eigenvalue weighted by atomic mass is 16.3. The Bertz CT molecular complexity index is 946. The summed E-state index contributed by atoms with van der Waals surface area (Å²) >= 11 is 0. The van der Waals surface area contributed by atoms with Gasteiger partial charge in [-0.1, -0.05) is 18.2 Å². The molecule has 1 aromatic carbocycles. The maximum absolute atomic E-state index is 12.6. The summed E-state index contributed by atoms with van der Waals surface area (Å²) in [6.45, 7) is 0. The van der Waals surface area contributed by atoms with E-state index >= 15 is 0 Å². The predicted octanol–water partition coefficient (Wildman–Crippen LogP) is 2.53. The first kappa shape index (κ1) is 17.7. The Hall–Kier alpha value is -2.73. The first-order valence-corrected chi connectivity index (χ1v) is 9.38. The van der Waals surface area contributed by atoms with Crippen molar-refractivity contribution in [2.45, 2.75) is 37.8 Å². The van der Waals surface area contributed by atoms with Crippen LogP contribution >= 0.6 is 0 Å². The molecule has 2 aromatic heterocycles. The number of aryl methyl sites for hydroxylation is 2. The van der Waals surface area contributed by atoms with Crippen LogP contribution in [0.2, 0.25) is 0 Å². The van der Waals surface area contributed by atoms with Crippen LogP contribution in [-0.4, -0.2) is 31.9 Å². The molecule has 0 spiro atoms. The number of aromatic nitrogens is 3. The molecular formula is C21H24N4O2. The summed E-state index contributed by atoms with van der Waals surface area (Å²) in [6, 6.07) is 9.94. The molecule has 1 amide bonds. The lowest BCUT2D eigenvalue weighted by Crippen LogP contribution is -2.41. The van der Waals surface area contributed by atoms with Gasteiger partial charge in [0.25, 0.3) is 0 Å². The van der Waals surface area contributed by atoms with E-state index in [1.165, 1.54) is 0 Å². The lowest BCUT2D eigenvalue weighted by Gasteiger charge is -2.38. The Morgan fingerprint density at radius 3 is 2.89 bits per heavy atom. The van der Waals surface area contributed by atoms with Crippen molar-refractivity contribution in [1.29, 1.82) is 0 Å². The number of pyridine rings is 1. The summed E-state index contributed by atoms with van der Waals surface area (Å²) < 4.78 is 1.74. The molecule has 3 aromatic rings. The zero-order valence-corrected chi connectivity index (χ0v) is 15.4. The molecule has 6 heteroatoms. The molecule has 0 unspecified atom stereocenters. The van der Waals surface area contributed by atoms with Crippen molar-refractivity contribution in [3.63, 3.8) is 0 Å². The van der Waals surface area contributed by atoms with Gasteiger partial charge in [0.05, 0.1) is 23.9 Å². The Labute approximate surface area is 158 Å². The third-order valence-electron chi connectivity index (χ3n) is 5.31. The highest BCUT2D eigenvalue weighted by Crippen LogP contribution is 2.38. The minimum atomic E-state index is -0.266. The number of nitrogens with zero attached hydrogens (tertiary/aromatic N) is 3. The van der Waals surface area contributed by atoms with E-state index in [0.29, 0.717) is 25.7 Å². The third-order valence-corrected chi connectivity index (χ3v) is 5.31. The second-order valence-corrected chi connectivity index (χ2v) is 7.41. The number of benzene rings is 1. The molecule has 1 aliphatic rings. The monoisotopic (exact) mass is 364 g/mol. The molecule has 140 valence electrons. The molecule has 0 aliphatic heterocycles. The van der Waals surface area contributed by atoms with E-state index in [0.717, 1.165) is 22.0 Å². The minimum absolute atomic E-state index is 0.0124. The lowest BCUT2D eigenvalue weighted by atomic mass is 9.75. The van der Waals surface area contributed by atoms with Crippen LogP contribution in [0.1, 0.15) is 36.4 Å². The molecule has 6 nitrogen and oxygen atoms in total. The number of hydrogen-bond donors (Lipinski definition) is 2. The number of rotatable bonds is 6. The van der Waals surface area contributed by atoms with E-state index in [1.54, 1.807) is 10.9 Å². The summed E-state index contributed by atoms with van der Waals surface area (Å²) in [6.07, 6.45) is 7.80. The van der Waals surface area contributed by atoms with Crippen LogP contribution in [0, 0.1) is 5.92 Å². The Morgan fingerprint density at radius 2 is 2.15 bits per heavy atom. The number of carbonyl (C=O) groups is 1. The maximum Gasteiger partial charge on any atom is 0.220 e. The molecule has 4 rings (SSSR count). The average molecular weight is 364 g/mol. The fourth-order valence-electron chi connectivity index (χ4n) is 3.74. The first-order chi connectivity index (χ1) is 13.1. The summed E-state index contributed by atoms with van der Waals surface area (Å²) in [5, 5.41) is 18.1. The first-order valence-electron chi connectivity index (χ1n) is 9.38. The van der Waals surface area contributed by atoms with Gasteiger partial charge in [-0.15, -0.1) is 0 Å². The van der Waals surface area contributed by atoms with Gasteiger partial charge in [-0.05, 0) is 48.4 Å². The van der Waals surface area contributed by atoms with Crippen LogP contribution < -0.4 is 5.32 Å². The predicted molar refractivity (Wildman–Crippen MR) is 103 cm³/mol. The quantitative estimate of drug-likeness (QED) is 0.704. The van der Waals surface area contributed by atoms with E-state index < -0.39 is 0 Å². The number of amides is 1. The number of aliphatic hydroxyl groups excluding tert-OH is 1. The van der Waals surface area contributed by atoms with Gasteiger partial charge < -0.3 is 10.4 Å². The van der Waals surface area contributed by atoms with E-state index in [9.17, 15) is 9.90 Å². The molecule has 2 N–H and O–H groups in total. The van der Waals surface area contributed by atoms with Crippen molar-refractivity contribution in [2.75, 3.05) is 0 Å². The lowest BCUT2D eigenvalue weighted by molar-refractivity contribution is -0.123. The van der Waals surface area contributed by atoms with Crippen LogP contribution in [0.4, 0.5) is 0 Å². The molecule has 0 saturated heterocycles. The van der Waals surface area contributed by atoms with Crippen molar-refractivity contribution in [3.05, 3.63) is 60.0 Å². The van der Waals surface area contributed by atoms with Gasteiger partial charge in [0.2, 0.25) is 5.91 Å². The largest absolute Gasteiger partial charge is 0.393 e. The van der Waals surface area contributed by atoms with E-state index in [-0.39, 0.29) is 24.0 Å². The number of carbonyl (C=O) groups excluding carboxylic acids is 1. The zero-order valence-electron chi connectivity index (χ0n) is 15.4. The van der Waals surface area contributed by atoms with Crippen LogP contribution in [0.5, 0.6) is 0 Å². The van der Waals surface area contributed by atoms with Crippen molar-refractivity contribution >= 4 is 16.8 Å². The number of hydrogen-bond acceptors (Lipinski definition) is 4. The van der Waals surface area contributed by atoms with Crippen LogP contribution in [0.15, 0.2) is 48.9 Å². The highest BCUT2D eigenvalue weighted by molar-refractivity contribution is 5.80. The number of nitrogens with one attached hydrogen (secondary N) is 1. The van der Waals surface area contributed by atoms with E-state index in [2.05, 4.69) is 21.5 Å². The average Bonchev–Trinajstić information content (AvgIpc) is 3.07. The molecule has 1 aliphatic carbocycles. The Balaban J connectivity index is 1.49. The topological polar surface area (TPSA) is 80.0 Å². The molecule has 0 radical (unpaired) electrons. The van der Waals surface area contributed by atoms with Gasteiger partial charge in [-0.2, -0.15) is 5.10 Å². The van der Waals surface area contributed by atoms with Crippen LogP contribution in [0.3, 0.4) is 0 Å². The SMILES string of the molecule is Cn1cc(CCC(=O)N[C@@H](c2cnc3ccccc3c2)C2CC(O)C2)cn1. The maximum atomic E-state index is 12.6. The fourth-order valence-corrected chi connectivity index (χ4v) is 3.74. The number of para-hydroxylation sites is 1. The normalized spacial score (nSPS) is 20.2. The molecule has 0 bridgehead atoms. The van der Waals surface area contributed by atoms with Gasteiger partial charge >= 0.3 is 0 Å². The molecular weight excluding hydrogens is 340 g/mol. The zero-order chi connectivity index (χ0) is 18.8. The van der Waals surface area contributed by atoms with Crippen LogP contribution in [0.25, 0.3) is 10.9 Å². The van der Waals surface area contributed by atoms with Gasteiger partial charge in [0.15, 0.2) is 0 Å². The van der Waals surface area contributed by atoms with Gasteiger partial charge in [0.1, 0.15) is 0 Å². The van der Waals surface area contributed by atoms with Crippen molar-refractivity contribution < 1.29 is 9.90 Å². The molecule has 1 fully saturated rings. The van der Waals surface area contributed by atoms with Crippen LogP contribution in [-0.2, 0) is 18.3 Å². The fraction of sp³-hybridized carbons (Fsp3) is 0.381.